The van der Waals surface area contributed by atoms with Gasteiger partial charge in [-0.1, -0.05) is 97.1 Å². The Morgan fingerprint density at radius 1 is 0.625 bits per heavy atom. The van der Waals surface area contributed by atoms with Gasteiger partial charge in [0.05, 0.1) is 51.8 Å². The van der Waals surface area contributed by atoms with E-state index in [1.165, 1.54) is 33.4 Å². The van der Waals surface area contributed by atoms with Crippen LogP contribution >= 0.6 is 0 Å². The molecule has 0 bridgehead atoms. The molecule has 0 saturated carbocycles. The number of pyridine rings is 1. The van der Waals surface area contributed by atoms with Crippen molar-refractivity contribution in [2.45, 2.75) is 12.1 Å². The van der Waals surface area contributed by atoms with E-state index >= 15 is 0 Å². The number of benzene rings is 5. The Hall–Kier alpha value is -5.91. The smallest absolute Gasteiger partial charge is 0.106 e. The van der Waals surface area contributed by atoms with Crippen LogP contribution in [0.1, 0.15) is 29.0 Å². The molecule has 5 heteroatoms. The molecule has 230 valence electrons. The van der Waals surface area contributed by atoms with Gasteiger partial charge in [-0.05, 0) is 65.7 Å². The molecule has 5 nitrogen and oxygen atoms in total. The number of fused-ring (bicyclic) bond motifs is 6. The first kappa shape index (κ1) is 27.2. The van der Waals surface area contributed by atoms with E-state index < -0.39 is 0 Å². The largest absolute Gasteiger partial charge is 0.368 e. The van der Waals surface area contributed by atoms with Gasteiger partial charge < -0.3 is 18.8 Å². The molecule has 48 heavy (non-hydrogen) atoms. The fourth-order valence-corrected chi connectivity index (χ4v) is 7.64. The highest BCUT2D eigenvalue weighted by Gasteiger charge is 2.30. The molecule has 2 unspecified atom stereocenters. The molecule has 2 aliphatic rings. The van der Waals surface area contributed by atoms with Gasteiger partial charge in [0.15, 0.2) is 0 Å². The predicted octanol–water partition coefficient (Wildman–Crippen LogP) is 10.1. The van der Waals surface area contributed by atoms with Crippen LogP contribution < -0.4 is 4.90 Å². The van der Waals surface area contributed by atoms with Crippen LogP contribution in [0.2, 0.25) is 0 Å². The Balaban J connectivity index is 1.17. The zero-order valence-electron chi connectivity index (χ0n) is 26.5. The summed E-state index contributed by atoms with van der Waals surface area (Å²) < 4.78 is 10.5. The molecule has 10 rings (SSSR count). The lowest BCUT2D eigenvalue weighted by Crippen LogP contribution is -2.25. The van der Waals surface area contributed by atoms with Gasteiger partial charge in [-0.2, -0.15) is 0 Å². The predicted molar refractivity (Wildman–Crippen MR) is 196 cm³/mol. The minimum absolute atomic E-state index is 0.149. The van der Waals surface area contributed by atoms with Gasteiger partial charge in [0.1, 0.15) is 6.10 Å². The van der Waals surface area contributed by atoms with Crippen LogP contribution in [0.3, 0.4) is 0 Å². The quantitative estimate of drug-likeness (QED) is 0.180. The van der Waals surface area contributed by atoms with Crippen molar-refractivity contribution in [2.75, 3.05) is 18.6 Å². The van der Waals surface area contributed by atoms with E-state index in [1.807, 2.05) is 6.07 Å². The summed E-state index contributed by atoms with van der Waals surface area (Å²) in [6, 6.07) is 50.0. The topological polar surface area (TPSA) is 38.5 Å². The number of epoxide rings is 1. The van der Waals surface area contributed by atoms with Gasteiger partial charge in [-0.25, -0.2) is 4.98 Å². The molecule has 0 radical (unpaired) electrons. The van der Waals surface area contributed by atoms with Gasteiger partial charge in [-0.15, -0.1) is 0 Å². The zero-order valence-corrected chi connectivity index (χ0v) is 26.5. The van der Waals surface area contributed by atoms with E-state index in [9.17, 15) is 0 Å². The van der Waals surface area contributed by atoms with E-state index in [1.54, 1.807) is 0 Å². The summed E-state index contributed by atoms with van der Waals surface area (Å²) in [6.45, 7) is 0.791. The monoisotopic (exact) mass is 620 g/mol. The normalized spacial score (nSPS) is 17.0. The van der Waals surface area contributed by atoms with Crippen LogP contribution in [0, 0.1) is 0 Å². The third-order valence-corrected chi connectivity index (χ3v) is 9.98. The third-order valence-electron chi connectivity index (χ3n) is 9.98. The number of para-hydroxylation sites is 1. The first-order valence-electron chi connectivity index (χ1n) is 16.6. The third kappa shape index (κ3) is 4.18. The Labute approximate surface area is 278 Å². The maximum absolute atomic E-state index is 5.71. The Kier molecular flexibility index (Phi) is 5.99. The zero-order chi connectivity index (χ0) is 31.8. The van der Waals surface area contributed by atoms with Crippen molar-refractivity contribution >= 4 is 44.6 Å². The van der Waals surface area contributed by atoms with Crippen molar-refractivity contribution in [3.63, 3.8) is 0 Å². The van der Waals surface area contributed by atoms with Crippen LogP contribution in [0.5, 0.6) is 0 Å². The van der Waals surface area contributed by atoms with Gasteiger partial charge in [0, 0.05) is 34.8 Å². The summed E-state index contributed by atoms with van der Waals surface area (Å²) in [5, 5.41) is 2.39. The fraction of sp³-hybridized carbons (Fsp3) is 0.0930. The van der Waals surface area contributed by atoms with Crippen LogP contribution in [-0.4, -0.2) is 27.8 Å². The summed E-state index contributed by atoms with van der Waals surface area (Å²) in [5.41, 5.74) is 13.7. The maximum atomic E-state index is 5.71. The molecular weight excluding hydrogens is 589 g/mol. The van der Waals surface area contributed by atoms with E-state index in [0.717, 1.165) is 51.2 Å². The van der Waals surface area contributed by atoms with Crippen LogP contribution in [-0.2, 0) is 4.74 Å². The van der Waals surface area contributed by atoms with Crippen molar-refractivity contribution in [2.24, 2.45) is 0 Å². The Morgan fingerprint density at radius 2 is 1.33 bits per heavy atom. The average molecular weight is 621 g/mol. The van der Waals surface area contributed by atoms with Crippen LogP contribution in [0.4, 0.5) is 5.69 Å². The number of ether oxygens (including phenoxy) is 1. The number of aromatic nitrogens is 3. The van der Waals surface area contributed by atoms with Crippen molar-refractivity contribution < 1.29 is 4.74 Å². The maximum Gasteiger partial charge on any atom is 0.106 e. The molecule has 2 atom stereocenters. The van der Waals surface area contributed by atoms with Crippen molar-refractivity contribution in [3.05, 3.63) is 162 Å². The Bertz CT molecular complexity index is 2540. The van der Waals surface area contributed by atoms with Crippen LogP contribution in [0.25, 0.3) is 61.5 Å². The molecule has 0 spiro atoms. The van der Waals surface area contributed by atoms with E-state index in [4.69, 9.17) is 9.72 Å². The second-order valence-electron chi connectivity index (χ2n) is 12.8. The highest BCUT2D eigenvalue weighted by atomic mass is 16.6. The number of anilines is 1. The summed E-state index contributed by atoms with van der Waals surface area (Å²) >= 11 is 0. The lowest BCUT2D eigenvalue weighted by molar-refractivity contribution is 0.416. The molecule has 0 aliphatic carbocycles. The number of hydrogen-bond donors (Lipinski definition) is 0. The molecule has 1 fully saturated rings. The molecule has 0 amide bonds. The number of hydrogen-bond acceptors (Lipinski definition) is 3. The highest BCUT2D eigenvalue weighted by molar-refractivity contribution is 6.08. The second kappa shape index (κ2) is 10.6. The van der Waals surface area contributed by atoms with Crippen molar-refractivity contribution in [1.29, 1.82) is 0 Å². The molecule has 8 aromatic rings. The molecule has 5 heterocycles. The molecule has 5 aromatic carbocycles. The standard InChI is InChI=1S/C43H32N4O/c1-45-36(29-13-6-3-7-14-29)23-24-40-43(45)34-25-30(41-27-48-41)19-21-38(34)47(40)32-16-10-15-31(26-32)46-37-18-9-8-17-33(37)42-39(46)22-20-35(44-42)28-11-4-2-5-12-28/h2-26,36,41H,27H2,1H3. The minimum atomic E-state index is 0.149. The molecular formula is C43H32N4O. The Morgan fingerprint density at radius 3 is 2.15 bits per heavy atom. The number of rotatable bonds is 5. The lowest BCUT2D eigenvalue weighted by Gasteiger charge is -2.32. The summed E-state index contributed by atoms with van der Waals surface area (Å²) in [5.74, 6) is 0. The molecule has 1 saturated heterocycles. The summed E-state index contributed by atoms with van der Waals surface area (Å²) in [4.78, 5) is 7.63. The van der Waals surface area contributed by atoms with Gasteiger partial charge in [0.2, 0.25) is 0 Å². The second-order valence-corrected chi connectivity index (χ2v) is 12.8. The number of nitrogens with zero attached hydrogens (tertiary/aromatic N) is 4. The lowest BCUT2D eigenvalue weighted by atomic mass is 9.99. The van der Waals surface area contributed by atoms with Crippen molar-refractivity contribution in [3.8, 4) is 22.6 Å². The fourth-order valence-electron chi connectivity index (χ4n) is 7.64. The van der Waals surface area contributed by atoms with Crippen LogP contribution in [0.15, 0.2) is 146 Å². The van der Waals surface area contributed by atoms with Crippen molar-refractivity contribution in [1.82, 2.24) is 14.1 Å². The molecule has 0 N–H and O–H groups in total. The van der Waals surface area contributed by atoms with Gasteiger partial charge in [0.25, 0.3) is 0 Å². The molecule has 3 aromatic heterocycles. The summed E-state index contributed by atoms with van der Waals surface area (Å²) in [6.07, 6.45) is 4.82. The van der Waals surface area contributed by atoms with E-state index in [0.29, 0.717) is 0 Å². The molecule has 2 aliphatic heterocycles. The first-order chi connectivity index (χ1) is 23.7. The van der Waals surface area contributed by atoms with Gasteiger partial charge in [-0.3, -0.25) is 0 Å². The first-order valence-corrected chi connectivity index (χ1v) is 16.6. The average Bonchev–Trinajstić information content (AvgIpc) is 3.87. The van der Waals surface area contributed by atoms with E-state index in [-0.39, 0.29) is 12.1 Å². The highest BCUT2D eigenvalue weighted by Crippen LogP contribution is 2.45. The van der Waals surface area contributed by atoms with Gasteiger partial charge >= 0.3 is 0 Å². The minimum Gasteiger partial charge on any atom is -0.368 e. The van der Waals surface area contributed by atoms with E-state index in [2.05, 4.69) is 167 Å². The number of likely N-dealkylation sites (N-methyl/N-ethyl adjacent to an activating group) is 1. The summed E-state index contributed by atoms with van der Waals surface area (Å²) in [7, 11) is 2.22. The SMILES string of the molecule is CN1c2c(n(-c3cccc(-n4c5ccccc5c5nc(-c6ccccc6)ccc54)c3)c3ccc(C4CO4)cc23)C=CC1c1ccccc1.